The summed E-state index contributed by atoms with van der Waals surface area (Å²) >= 11 is 0. The van der Waals surface area contributed by atoms with Crippen LogP contribution in [-0.4, -0.2) is 42.4 Å². The van der Waals surface area contributed by atoms with Gasteiger partial charge in [-0.1, -0.05) is 19.3 Å². The fraction of sp³-hybridized carbons (Fsp3) is 0.882. The van der Waals surface area contributed by atoms with Crippen molar-refractivity contribution >= 4 is 22.1 Å². The van der Waals surface area contributed by atoms with Crippen molar-refractivity contribution in [3.8, 4) is 0 Å². The Morgan fingerprint density at radius 3 is 1.96 bits per heavy atom. The van der Waals surface area contributed by atoms with E-state index in [9.17, 15) is 26.8 Å². The first-order chi connectivity index (χ1) is 12.5. The van der Waals surface area contributed by atoms with Crippen molar-refractivity contribution in [2.45, 2.75) is 82.2 Å². The molecule has 0 aromatic heterocycles. The van der Waals surface area contributed by atoms with E-state index in [-0.39, 0.29) is 12.5 Å². The molecule has 2 aliphatic rings. The molecule has 3 unspecified atom stereocenters. The normalized spacial score (nSPS) is 26.2. The molecule has 1 N–H and O–H groups in total. The molecule has 0 saturated heterocycles. The number of carbonyl (C=O) groups excluding carboxylic acids is 2. The van der Waals surface area contributed by atoms with Crippen LogP contribution in [0, 0.1) is 11.8 Å². The first-order valence-corrected chi connectivity index (χ1v) is 10.7. The summed E-state index contributed by atoms with van der Waals surface area (Å²) < 4.78 is 67.5. The highest BCUT2D eigenvalue weighted by Crippen LogP contribution is 2.35. The van der Waals surface area contributed by atoms with E-state index in [2.05, 4.69) is 4.74 Å². The van der Waals surface area contributed by atoms with Gasteiger partial charge in [-0.25, -0.2) is 0 Å². The van der Waals surface area contributed by atoms with E-state index in [4.69, 9.17) is 9.29 Å². The minimum Gasteiger partial charge on any atom is -0.462 e. The van der Waals surface area contributed by atoms with Crippen molar-refractivity contribution in [2.75, 3.05) is 0 Å². The lowest BCUT2D eigenvalue weighted by molar-refractivity contribution is -0.175. The maximum absolute atomic E-state index is 13.6. The van der Waals surface area contributed by atoms with Gasteiger partial charge in [-0.3, -0.25) is 14.1 Å². The van der Waals surface area contributed by atoms with Crippen LogP contribution in [0.5, 0.6) is 0 Å². The molecule has 27 heavy (non-hydrogen) atoms. The third-order valence-electron chi connectivity index (χ3n) is 5.32. The van der Waals surface area contributed by atoms with E-state index in [0.29, 0.717) is 26.2 Å². The lowest BCUT2D eigenvalue weighted by Gasteiger charge is -2.32. The molecule has 2 fully saturated rings. The van der Waals surface area contributed by atoms with Crippen LogP contribution < -0.4 is 0 Å². The van der Waals surface area contributed by atoms with Crippen molar-refractivity contribution in [1.29, 1.82) is 0 Å². The molecule has 0 aromatic carbocycles. The second-order valence-electron chi connectivity index (χ2n) is 7.31. The van der Waals surface area contributed by atoms with Gasteiger partial charge in [0.25, 0.3) is 0 Å². The molecule has 7 nitrogen and oxygen atoms in total. The van der Waals surface area contributed by atoms with Crippen molar-refractivity contribution in [3.05, 3.63) is 0 Å². The number of carbonyl (C=O) groups is 2. The van der Waals surface area contributed by atoms with Crippen LogP contribution in [0.3, 0.4) is 0 Å². The molecule has 156 valence electrons. The minimum absolute atomic E-state index is 0.187. The highest BCUT2D eigenvalue weighted by atomic mass is 32.2. The fourth-order valence-corrected chi connectivity index (χ4v) is 4.14. The maximum atomic E-state index is 13.6. The SMILES string of the molecule is CC(OC(=O)C1CCCCC1C(=O)OC1CCCCC1)C(F)(F)S(=O)(=O)O. The van der Waals surface area contributed by atoms with E-state index in [1.807, 2.05) is 0 Å². The fourth-order valence-electron chi connectivity index (χ4n) is 3.67. The quantitative estimate of drug-likeness (QED) is 0.528. The van der Waals surface area contributed by atoms with E-state index in [0.717, 1.165) is 32.1 Å². The number of halogens is 2. The lowest BCUT2D eigenvalue weighted by atomic mass is 9.79. The number of alkyl halides is 2. The molecule has 0 aromatic rings. The summed E-state index contributed by atoms with van der Waals surface area (Å²) in [6.45, 7) is 0.684. The van der Waals surface area contributed by atoms with E-state index in [1.54, 1.807) is 0 Å². The Kier molecular flexibility index (Phi) is 7.18. The van der Waals surface area contributed by atoms with Gasteiger partial charge in [0.1, 0.15) is 6.10 Å². The number of hydrogen-bond acceptors (Lipinski definition) is 6. The summed E-state index contributed by atoms with van der Waals surface area (Å²) in [7, 11) is -5.73. The zero-order valence-electron chi connectivity index (χ0n) is 15.2. The van der Waals surface area contributed by atoms with Crippen LogP contribution in [0.2, 0.25) is 0 Å². The molecule has 10 heteroatoms. The molecule has 3 atom stereocenters. The molecule has 2 aliphatic carbocycles. The van der Waals surface area contributed by atoms with Crippen LogP contribution in [0.1, 0.15) is 64.7 Å². The Hall–Kier alpha value is -1.29. The zero-order chi connectivity index (χ0) is 20.2. The second-order valence-corrected chi connectivity index (χ2v) is 8.80. The highest BCUT2D eigenvalue weighted by Gasteiger charge is 2.53. The predicted molar refractivity (Wildman–Crippen MR) is 90.5 cm³/mol. The summed E-state index contributed by atoms with van der Waals surface area (Å²) in [5, 5.41) is -4.63. The summed E-state index contributed by atoms with van der Waals surface area (Å²) in [5.74, 6) is -3.36. The summed E-state index contributed by atoms with van der Waals surface area (Å²) in [6, 6.07) is 0. The van der Waals surface area contributed by atoms with E-state index < -0.39 is 45.3 Å². The van der Waals surface area contributed by atoms with E-state index in [1.165, 1.54) is 0 Å². The van der Waals surface area contributed by atoms with Crippen LogP contribution >= 0.6 is 0 Å². The highest BCUT2D eigenvalue weighted by molar-refractivity contribution is 7.86. The van der Waals surface area contributed by atoms with Gasteiger partial charge in [-0.15, -0.1) is 0 Å². The number of ether oxygens (including phenoxy) is 2. The summed E-state index contributed by atoms with van der Waals surface area (Å²) in [4.78, 5) is 24.9. The van der Waals surface area contributed by atoms with Gasteiger partial charge in [0, 0.05) is 0 Å². The standard InChI is InChI=1S/C17H26F2O7S/c1-11(17(18,19)27(22,23)24)25-15(20)13-9-5-6-10-14(13)16(21)26-12-7-3-2-4-8-12/h11-14H,2-10H2,1H3,(H,22,23,24). The third kappa shape index (κ3) is 5.37. The molecule has 0 aliphatic heterocycles. The van der Waals surface area contributed by atoms with Crippen LogP contribution in [0.15, 0.2) is 0 Å². The van der Waals surface area contributed by atoms with Crippen molar-refractivity contribution < 1.29 is 40.8 Å². The van der Waals surface area contributed by atoms with Crippen molar-refractivity contribution in [1.82, 2.24) is 0 Å². The topological polar surface area (TPSA) is 107 Å². The Morgan fingerprint density at radius 1 is 0.963 bits per heavy atom. The molecule has 0 spiro atoms. The average molecular weight is 412 g/mol. The molecule has 0 bridgehead atoms. The van der Waals surface area contributed by atoms with Gasteiger partial charge in [-0.2, -0.15) is 17.2 Å². The van der Waals surface area contributed by atoms with Gasteiger partial charge in [0.15, 0.2) is 6.10 Å². The molecule has 2 saturated carbocycles. The van der Waals surface area contributed by atoms with Crippen molar-refractivity contribution in [3.63, 3.8) is 0 Å². The number of esters is 2. The average Bonchev–Trinajstić information content (AvgIpc) is 2.61. The first-order valence-electron chi connectivity index (χ1n) is 9.30. The maximum Gasteiger partial charge on any atom is 0.405 e. The predicted octanol–water partition coefficient (Wildman–Crippen LogP) is 3.08. The van der Waals surface area contributed by atoms with E-state index >= 15 is 0 Å². The Bertz CT molecular complexity index is 644. The Morgan fingerprint density at radius 2 is 1.44 bits per heavy atom. The largest absolute Gasteiger partial charge is 0.462 e. The number of rotatable bonds is 6. The molecule has 0 heterocycles. The van der Waals surface area contributed by atoms with Gasteiger partial charge in [0.05, 0.1) is 11.8 Å². The molecular formula is C17H26F2O7S. The smallest absolute Gasteiger partial charge is 0.405 e. The second kappa shape index (κ2) is 8.81. The first kappa shape index (κ1) is 22.0. The van der Waals surface area contributed by atoms with Gasteiger partial charge in [0.2, 0.25) is 0 Å². The van der Waals surface area contributed by atoms with Crippen LogP contribution in [0.4, 0.5) is 8.78 Å². The molecule has 0 radical (unpaired) electrons. The molecule has 2 rings (SSSR count). The van der Waals surface area contributed by atoms with Gasteiger partial charge < -0.3 is 9.47 Å². The van der Waals surface area contributed by atoms with Crippen molar-refractivity contribution in [2.24, 2.45) is 11.8 Å². The number of hydrogen-bond donors (Lipinski definition) is 1. The Labute approximate surface area is 157 Å². The van der Waals surface area contributed by atoms with Crippen LogP contribution in [0.25, 0.3) is 0 Å². The summed E-state index contributed by atoms with van der Waals surface area (Å²) in [5.41, 5.74) is 0. The monoisotopic (exact) mass is 412 g/mol. The molecule has 0 amide bonds. The lowest BCUT2D eigenvalue weighted by Crippen LogP contribution is -2.44. The summed E-state index contributed by atoms with van der Waals surface area (Å²) in [6.07, 6.45) is 3.97. The third-order valence-corrected chi connectivity index (χ3v) is 6.34. The van der Waals surface area contributed by atoms with Gasteiger partial charge >= 0.3 is 27.3 Å². The zero-order valence-corrected chi connectivity index (χ0v) is 16.1. The minimum atomic E-state index is -5.73. The Balaban J connectivity index is 2.02. The van der Waals surface area contributed by atoms with Crippen LogP contribution in [-0.2, 0) is 29.2 Å². The molecular weight excluding hydrogens is 386 g/mol. The van der Waals surface area contributed by atoms with Gasteiger partial charge in [-0.05, 0) is 45.4 Å².